The summed E-state index contributed by atoms with van der Waals surface area (Å²) in [5.74, 6) is 1.76. The highest BCUT2D eigenvalue weighted by Crippen LogP contribution is 2.31. The molecule has 1 aliphatic heterocycles. The number of fused-ring (bicyclic) bond motifs is 1. The largest absolute Gasteiger partial charge is 0.486 e. The molecule has 2 heterocycles. The van der Waals surface area contributed by atoms with Crippen LogP contribution in [0.3, 0.4) is 0 Å². The zero-order valence-corrected chi connectivity index (χ0v) is 13.4. The van der Waals surface area contributed by atoms with Gasteiger partial charge >= 0.3 is 0 Å². The number of nitriles is 1. The molecule has 6 heteroatoms. The van der Waals surface area contributed by atoms with E-state index in [0.717, 1.165) is 11.1 Å². The molecule has 0 spiro atoms. The number of anilines is 1. The number of carbonyl (C=O) groups is 1. The molecule has 0 bridgehead atoms. The summed E-state index contributed by atoms with van der Waals surface area (Å²) in [6.07, 6.45) is 3.03. The van der Waals surface area contributed by atoms with Crippen LogP contribution in [0.25, 0.3) is 6.08 Å². The highest BCUT2D eigenvalue weighted by Gasteiger charge is 2.15. The van der Waals surface area contributed by atoms with Gasteiger partial charge in [-0.1, -0.05) is 6.07 Å². The van der Waals surface area contributed by atoms with E-state index in [4.69, 9.17) is 19.2 Å². The fraction of sp³-hybridized carbons (Fsp3) is 0.222. The number of rotatable bonds is 3. The molecule has 0 aliphatic carbocycles. The van der Waals surface area contributed by atoms with Crippen LogP contribution in [-0.4, -0.2) is 19.1 Å². The Bertz CT molecular complexity index is 859. The van der Waals surface area contributed by atoms with Crippen LogP contribution in [-0.2, 0) is 4.79 Å². The Morgan fingerprint density at radius 3 is 2.75 bits per heavy atom. The molecule has 0 unspecified atom stereocenters. The van der Waals surface area contributed by atoms with Gasteiger partial charge in [-0.3, -0.25) is 10.1 Å². The van der Waals surface area contributed by atoms with Crippen molar-refractivity contribution in [1.82, 2.24) is 0 Å². The fourth-order valence-corrected chi connectivity index (χ4v) is 2.34. The van der Waals surface area contributed by atoms with E-state index in [9.17, 15) is 4.79 Å². The van der Waals surface area contributed by atoms with Crippen LogP contribution < -0.4 is 14.8 Å². The first-order valence-corrected chi connectivity index (χ1v) is 7.47. The summed E-state index contributed by atoms with van der Waals surface area (Å²) in [6, 6.07) is 7.48. The molecule has 0 radical (unpaired) electrons. The number of carbonyl (C=O) groups excluding carboxylic acids is 1. The minimum Gasteiger partial charge on any atom is -0.486 e. The van der Waals surface area contributed by atoms with Gasteiger partial charge in [-0.25, -0.2) is 0 Å². The van der Waals surface area contributed by atoms with Crippen LogP contribution in [0.15, 0.2) is 28.7 Å². The van der Waals surface area contributed by atoms with Crippen molar-refractivity contribution in [2.24, 2.45) is 0 Å². The second kappa shape index (κ2) is 6.50. The molecule has 1 aromatic carbocycles. The third kappa shape index (κ3) is 3.10. The maximum Gasteiger partial charge on any atom is 0.250 e. The second-order valence-corrected chi connectivity index (χ2v) is 5.32. The number of ether oxygens (including phenoxy) is 2. The van der Waals surface area contributed by atoms with E-state index >= 15 is 0 Å². The van der Waals surface area contributed by atoms with E-state index in [-0.39, 0.29) is 11.8 Å². The second-order valence-electron chi connectivity index (χ2n) is 5.32. The molecule has 2 aromatic rings. The molecule has 1 aliphatic rings. The minimum atomic E-state index is -0.380. The van der Waals surface area contributed by atoms with Crippen molar-refractivity contribution in [3.8, 4) is 17.6 Å². The van der Waals surface area contributed by atoms with Gasteiger partial charge in [0.15, 0.2) is 11.5 Å². The number of amides is 1. The molecule has 0 atom stereocenters. The van der Waals surface area contributed by atoms with Gasteiger partial charge in [-0.2, -0.15) is 5.26 Å². The van der Waals surface area contributed by atoms with Crippen LogP contribution in [0.4, 0.5) is 5.88 Å². The lowest BCUT2D eigenvalue weighted by Gasteiger charge is -2.18. The van der Waals surface area contributed by atoms with Gasteiger partial charge in [0.2, 0.25) is 5.88 Å². The van der Waals surface area contributed by atoms with E-state index in [1.54, 1.807) is 32.1 Å². The maximum atomic E-state index is 12.0. The molecular weight excluding hydrogens is 308 g/mol. The lowest BCUT2D eigenvalue weighted by atomic mass is 10.1. The van der Waals surface area contributed by atoms with E-state index in [1.165, 1.54) is 6.08 Å². The zero-order chi connectivity index (χ0) is 17.1. The minimum absolute atomic E-state index is 0.171. The third-order valence-corrected chi connectivity index (χ3v) is 3.73. The predicted molar refractivity (Wildman–Crippen MR) is 88.0 cm³/mol. The quantitative estimate of drug-likeness (QED) is 0.877. The van der Waals surface area contributed by atoms with Crippen molar-refractivity contribution >= 4 is 17.9 Å². The Kier molecular flexibility index (Phi) is 4.25. The monoisotopic (exact) mass is 324 g/mol. The van der Waals surface area contributed by atoms with Crippen molar-refractivity contribution in [2.75, 3.05) is 18.5 Å². The van der Waals surface area contributed by atoms with Crippen LogP contribution in [0.5, 0.6) is 11.5 Å². The fourth-order valence-electron chi connectivity index (χ4n) is 2.34. The topological polar surface area (TPSA) is 84.5 Å². The average molecular weight is 324 g/mol. The third-order valence-electron chi connectivity index (χ3n) is 3.73. The molecule has 0 fully saturated rings. The Morgan fingerprint density at radius 1 is 1.25 bits per heavy atom. The Balaban J connectivity index is 1.72. The molecule has 1 N–H and O–H groups in total. The zero-order valence-electron chi connectivity index (χ0n) is 13.4. The molecule has 0 saturated carbocycles. The first-order valence-electron chi connectivity index (χ1n) is 7.47. The Hall–Kier alpha value is -3.20. The summed E-state index contributed by atoms with van der Waals surface area (Å²) in [5, 5.41) is 11.7. The number of furan rings is 1. The van der Waals surface area contributed by atoms with Crippen LogP contribution >= 0.6 is 0 Å². The van der Waals surface area contributed by atoms with E-state index in [1.807, 2.05) is 12.1 Å². The Labute approximate surface area is 139 Å². The lowest BCUT2D eigenvalue weighted by Crippen LogP contribution is -2.15. The van der Waals surface area contributed by atoms with Crippen molar-refractivity contribution in [3.63, 3.8) is 0 Å². The van der Waals surface area contributed by atoms with Gasteiger partial charge in [-0.05, 0) is 37.6 Å². The summed E-state index contributed by atoms with van der Waals surface area (Å²) >= 11 is 0. The standard InChI is InChI=1S/C18H16N2O4/c1-11-12(2)24-18(14(11)10-19)20-17(21)6-4-13-3-5-15-16(9-13)23-8-7-22-15/h3-6,9H,7-8H2,1-2H3,(H,20,21)/b6-4-. The lowest BCUT2D eigenvalue weighted by molar-refractivity contribution is -0.111. The molecule has 24 heavy (non-hydrogen) atoms. The van der Waals surface area contributed by atoms with Gasteiger partial charge < -0.3 is 13.9 Å². The molecule has 122 valence electrons. The number of nitrogens with one attached hydrogen (secondary N) is 1. The first-order chi connectivity index (χ1) is 11.6. The van der Waals surface area contributed by atoms with Crippen molar-refractivity contribution in [2.45, 2.75) is 13.8 Å². The molecular formula is C18H16N2O4. The van der Waals surface area contributed by atoms with Gasteiger partial charge in [0.1, 0.15) is 30.6 Å². The summed E-state index contributed by atoms with van der Waals surface area (Å²) in [5.41, 5.74) is 1.87. The molecule has 0 saturated heterocycles. The SMILES string of the molecule is Cc1oc(NC(=O)/C=C\c2ccc3c(c2)OCCO3)c(C#N)c1C. The molecule has 1 aromatic heterocycles. The van der Waals surface area contributed by atoms with Crippen LogP contribution in [0.2, 0.25) is 0 Å². The van der Waals surface area contributed by atoms with Gasteiger partial charge in [-0.15, -0.1) is 0 Å². The van der Waals surface area contributed by atoms with Crippen molar-refractivity contribution in [3.05, 3.63) is 46.7 Å². The van der Waals surface area contributed by atoms with Crippen molar-refractivity contribution < 1.29 is 18.7 Å². The van der Waals surface area contributed by atoms with Crippen LogP contribution in [0, 0.1) is 25.2 Å². The number of hydrogen-bond donors (Lipinski definition) is 1. The highest BCUT2D eigenvalue weighted by atomic mass is 16.6. The molecule has 1 amide bonds. The number of nitrogens with zero attached hydrogens (tertiary/aromatic N) is 1. The number of benzene rings is 1. The maximum absolute atomic E-state index is 12.0. The van der Waals surface area contributed by atoms with Gasteiger partial charge in [0.25, 0.3) is 5.91 Å². The normalized spacial score (nSPS) is 12.9. The number of hydrogen-bond acceptors (Lipinski definition) is 5. The number of aryl methyl sites for hydroxylation is 1. The van der Waals surface area contributed by atoms with E-state index in [2.05, 4.69) is 5.32 Å². The smallest absolute Gasteiger partial charge is 0.250 e. The highest BCUT2D eigenvalue weighted by molar-refractivity contribution is 6.02. The van der Waals surface area contributed by atoms with Crippen LogP contribution in [0.1, 0.15) is 22.5 Å². The van der Waals surface area contributed by atoms with Crippen molar-refractivity contribution in [1.29, 1.82) is 5.26 Å². The Morgan fingerprint density at radius 2 is 2.00 bits per heavy atom. The summed E-state index contributed by atoms with van der Waals surface area (Å²) < 4.78 is 16.4. The van der Waals surface area contributed by atoms with E-state index in [0.29, 0.717) is 36.0 Å². The van der Waals surface area contributed by atoms with Gasteiger partial charge in [0, 0.05) is 11.6 Å². The summed E-state index contributed by atoms with van der Waals surface area (Å²) in [7, 11) is 0. The molecule has 3 rings (SSSR count). The summed E-state index contributed by atoms with van der Waals surface area (Å²) in [6.45, 7) is 4.57. The van der Waals surface area contributed by atoms with E-state index < -0.39 is 0 Å². The first kappa shape index (κ1) is 15.7. The molecule has 6 nitrogen and oxygen atoms in total. The summed E-state index contributed by atoms with van der Waals surface area (Å²) in [4.78, 5) is 12.0. The van der Waals surface area contributed by atoms with Gasteiger partial charge in [0.05, 0.1) is 0 Å². The predicted octanol–water partition coefficient (Wildman–Crippen LogP) is 3.19. The average Bonchev–Trinajstić information content (AvgIpc) is 2.86.